The molecule has 0 saturated carbocycles. The molecule has 0 aliphatic rings. The van der Waals surface area contributed by atoms with Crippen molar-refractivity contribution >= 4 is 5.71 Å². The highest BCUT2D eigenvalue weighted by Crippen LogP contribution is 2.32. The maximum Gasteiger partial charge on any atom is 0.329 e. The van der Waals surface area contributed by atoms with E-state index < -0.39 is 6.10 Å². The number of methoxy groups -OCH3 is 2. The van der Waals surface area contributed by atoms with Crippen molar-refractivity contribution in [3.8, 4) is 11.5 Å². The molecule has 5 nitrogen and oxygen atoms in total. The molecule has 0 aliphatic carbocycles. The van der Waals surface area contributed by atoms with Gasteiger partial charge in [-0.1, -0.05) is 36.4 Å². The molecule has 1 N–H and O–H groups in total. The highest BCUT2D eigenvalue weighted by molar-refractivity contribution is 6.09. The molecule has 3 rings (SSSR count). The SMILES string of the molecule is COc1ccc(C(O)c2ccc(C(=[N+]=[N-])c3ccccc3)cc2)cc1OC. The van der Waals surface area contributed by atoms with Gasteiger partial charge in [-0.25, -0.2) is 0 Å². The van der Waals surface area contributed by atoms with Gasteiger partial charge in [0.25, 0.3) is 0 Å². The van der Waals surface area contributed by atoms with Crippen molar-refractivity contribution in [2.24, 2.45) is 0 Å². The van der Waals surface area contributed by atoms with Crippen LogP contribution in [0.3, 0.4) is 0 Å². The Bertz CT molecular complexity index is 963. The summed E-state index contributed by atoms with van der Waals surface area (Å²) in [6.07, 6.45) is -0.815. The van der Waals surface area contributed by atoms with Crippen molar-refractivity contribution in [3.05, 3.63) is 101 Å². The summed E-state index contributed by atoms with van der Waals surface area (Å²) in [6, 6.07) is 22.0. The number of ether oxygens (including phenoxy) is 2. The minimum Gasteiger partial charge on any atom is -0.493 e. The second-order valence-electron chi connectivity index (χ2n) is 5.95. The van der Waals surface area contributed by atoms with E-state index in [9.17, 15) is 10.6 Å². The van der Waals surface area contributed by atoms with Gasteiger partial charge in [0, 0.05) is 0 Å². The van der Waals surface area contributed by atoms with E-state index in [2.05, 4.69) is 4.79 Å². The smallest absolute Gasteiger partial charge is 0.329 e. The van der Waals surface area contributed by atoms with Crippen LogP contribution in [0.4, 0.5) is 0 Å². The fourth-order valence-corrected chi connectivity index (χ4v) is 2.92. The summed E-state index contributed by atoms with van der Waals surface area (Å²) in [6.45, 7) is 0. The predicted molar refractivity (Wildman–Crippen MR) is 103 cm³/mol. The van der Waals surface area contributed by atoms with E-state index in [0.29, 0.717) is 22.8 Å². The van der Waals surface area contributed by atoms with Crippen LogP contribution in [-0.2, 0) is 0 Å². The Morgan fingerprint density at radius 1 is 0.815 bits per heavy atom. The van der Waals surface area contributed by atoms with Gasteiger partial charge >= 0.3 is 5.71 Å². The largest absolute Gasteiger partial charge is 0.493 e. The first-order valence-corrected chi connectivity index (χ1v) is 8.45. The van der Waals surface area contributed by atoms with E-state index in [1.165, 1.54) is 0 Å². The molecule has 0 radical (unpaired) electrons. The summed E-state index contributed by atoms with van der Waals surface area (Å²) in [7, 11) is 3.13. The zero-order chi connectivity index (χ0) is 19.2. The molecule has 5 heteroatoms. The fourth-order valence-electron chi connectivity index (χ4n) is 2.92. The third-order valence-corrected chi connectivity index (χ3v) is 4.37. The average Bonchev–Trinajstić information content (AvgIpc) is 2.74. The summed E-state index contributed by atoms with van der Waals surface area (Å²) < 4.78 is 10.5. The van der Waals surface area contributed by atoms with Gasteiger partial charge < -0.3 is 20.1 Å². The normalized spacial score (nSPS) is 11.4. The van der Waals surface area contributed by atoms with Gasteiger partial charge in [-0.05, 0) is 47.5 Å². The zero-order valence-electron chi connectivity index (χ0n) is 15.2. The Morgan fingerprint density at radius 3 is 2.00 bits per heavy atom. The van der Waals surface area contributed by atoms with Crippen molar-refractivity contribution < 1.29 is 19.4 Å². The van der Waals surface area contributed by atoms with Crippen molar-refractivity contribution in [3.63, 3.8) is 0 Å². The van der Waals surface area contributed by atoms with Gasteiger partial charge in [-0.2, -0.15) is 4.79 Å². The lowest BCUT2D eigenvalue weighted by Crippen LogP contribution is -2.06. The Kier molecular flexibility index (Phi) is 5.67. The fraction of sp³-hybridized carbons (Fsp3) is 0.136. The molecule has 27 heavy (non-hydrogen) atoms. The van der Waals surface area contributed by atoms with E-state index in [-0.39, 0.29) is 0 Å². The van der Waals surface area contributed by atoms with Crippen molar-refractivity contribution in [2.45, 2.75) is 6.10 Å². The molecule has 0 heterocycles. The number of benzene rings is 3. The molecule has 0 saturated heterocycles. The molecule has 3 aromatic carbocycles. The van der Waals surface area contributed by atoms with Crippen LogP contribution in [0.5, 0.6) is 11.5 Å². The Labute approximate surface area is 158 Å². The number of hydrogen-bond acceptors (Lipinski definition) is 3. The minimum atomic E-state index is -0.815. The van der Waals surface area contributed by atoms with Gasteiger partial charge in [0.1, 0.15) is 6.10 Å². The quantitative estimate of drug-likeness (QED) is 0.412. The van der Waals surface area contributed by atoms with E-state index in [0.717, 1.165) is 16.7 Å². The van der Waals surface area contributed by atoms with Crippen LogP contribution < -0.4 is 9.47 Å². The minimum absolute atomic E-state index is 0.475. The van der Waals surface area contributed by atoms with Crippen LogP contribution >= 0.6 is 0 Å². The van der Waals surface area contributed by atoms with Crippen molar-refractivity contribution in [2.75, 3.05) is 14.2 Å². The maximum atomic E-state index is 10.7. The highest BCUT2D eigenvalue weighted by Gasteiger charge is 2.17. The first kappa shape index (κ1) is 18.4. The molecule has 1 atom stereocenters. The summed E-state index contributed by atoms with van der Waals surface area (Å²) in [5.41, 5.74) is 12.9. The van der Waals surface area contributed by atoms with Crippen LogP contribution in [-0.4, -0.2) is 29.8 Å². The molecule has 0 spiro atoms. The molecule has 1 unspecified atom stereocenters. The van der Waals surface area contributed by atoms with Gasteiger partial charge in [-0.15, -0.1) is 0 Å². The summed E-state index contributed by atoms with van der Waals surface area (Å²) in [5.74, 6) is 1.17. The monoisotopic (exact) mass is 360 g/mol. The molecular weight excluding hydrogens is 340 g/mol. The Morgan fingerprint density at radius 2 is 1.41 bits per heavy atom. The number of aliphatic hydroxyl groups excluding tert-OH is 1. The summed E-state index contributed by atoms with van der Waals surface area (Å²) >= 11 is 0. The summed E-state index contributed by atoms with van der Waals surface area (Å²) in [5, 5.41) is 10.7. The second-order valence-corrected chi connectivity index (χ2v) is 5.95. The molecular formula is C22H20N2O3. The zero-order valence-corrected chi connectivity index (χ0v) is 15.2. The van der Waals surface area contributed by atoms with Gasteiger partial charge in [-0.3, -0.25) is 0 Å². The molecule has 0 amide bonds. The standard InChI is InChI=1S/C22H20N2O3/c1-26-19-13-12-18(14-20(19)27-2)22(25)17-10-8-16(9-11-17)21(24-23)15-6-4-3-5-7-15/h3-14,22,25H,1-2H3. The first-order valence-electron chi connectivity index (χ1n) is 8.45. The highest BCUT2D eigenvalue weighted by atomic mass is 16.5. The predicted octanol–water partition coefficient (Wildman–Crippen LogP) is 3.85. The lowest BCUT2D eigenvalue weighted by molar-refractivity contribution is -0.00279. The third kappa shape index (κ3) is 3.90. The van der Waals surface area contributed by atoms with Crippen molar-refractivity contribution in [1.82, 2.24) is 0 Å². The molecule has 0 aliphatic heterocycles. The van der Waals surface area contributed by atoms with Crippen LogP contribution in [0.1, 0.15) is 28.4 Å². The number of nitrogens with zero attached hydrogens (tertiary/aromatic N) is 2. The van der Waals surface area contributed by atoms with Gasteiger partial charge in [0.05, 0.1) is 25.3 Å². The second kappa shape index (κ2) is 8.32. The molecule has 3 aromatic rings. The first-order chi connectivity index (χ1) is 13.2. The van der Waals surface area contributed by atoms with Crippen LogP contribution in [0, 0.1) is 0 Å². The van der Waals surface area contributed by atoms with E-state index >= 15 is 0 Å². The lowest BCUT2D eigenvalue weighted by Gasteiger charge is -2.14. The topological polar surface area (TPSA) is 75.1 Å². The molecule has 0 bridgehead atoms. The lowest BCUT2D eigenvalue weighted by atomic mass is 9.97. The summed E-state index contributed by atoms with van der Waals surface area (Å²) in [4.78, 5) is 3.43. The third-order valence-electron chi connectivity index (χ3n) is 4.37. The van der Waals surface area contributed by atoms with E-state index in [1.807, 2.05) is 54.6 Å². The van der Waals surface area contributed by atoms with E-state index in [4.69, 9.17) is 9.47 Å². The van der Waals surface area contributed by atoms with Crippen molar-refractivity contribution in [1.29, 1.82) is 0 Å². The molecule has 0 aromatic heterocycles. The Hall–Kier alpha value is -3.40. The Balaban J connectivity index is 1.88. The molecule has 0 fully saturated rings. The van der Waals surface area contributed by atoms with Crippen LogP contribution in [0.2, 0.25) is 0 Å². The van der Waals surface area contributed by atoms with E-state index in [1.54, 1.807) is 32.4 Å². The number of rotatable bonds is 6. The van der Waals surface area contributed by atoms with Crippen LogP contribution in [0.15, 0.2) is 72.8 Å². The van der Waals surface area contributed by atoms with Crippen LogP contribution in [0.25, 0.3) is 5.53 Å². The number of hydrogen-bond donors (Lipinski definition) is 1. The number of aliphatic hydroxyl groups is 1. The average molecular weight is 360 g/mol. The van der Waals surface area contributed by atoms with Gasteiger partial charge in [0.2, 0.25) is 0 Å². The van der Waals surface area contributed by atoms with Gasteiger partial charge in [0.15, 0.2) is 11.5 Å². The maximum absolute atomic E-state index is 10.7. The molecule has 136 valence electrons.